The molecule has 2 N–H and O–H groups in total. The molecule has 1 aromatic heterocycles. The van der Waals surface area contributed by atoms with Crippen LogP contribution in [0.1, 0.15) is 50.0 Å². The Morgan fingerprint density at radius 2 is 1.91 bits per heavy atom. The van der Waals surface area contributed by atoms with Crippen LogP contribution in [0.5, 0.6) is 0 Å². The fourth-order valence-electron chi connectivity index (χ4n) is 3.59. The summed E-state index contributed by atoms with van der Waals surface area (Å²) in [6, 6.07) is 3.74. The normalized spacial score (nSPS) is 24.3. The first-order chi connectivity index (χ1) is 11.1. The predicted molar refractivity (Wildman–Crippen MR) is 87.2 cm³/mol. The van der Waals surface area contributed by atoms with Crippen molar-refractivity contribution in [2.24, 2.45) is 0 Å². The lowest BCUT2D eigenvalue weighted by Crippen LogP contribution is -2.48. The van der Waals surface area contributed by atoms with Crippen LogP contribution in [0.3, 0.4) is 0 Å². The number of likely N-dealkylation sites (tertiary alicyclic amines) is 1. The second kappa shape index (κ2) is 7.34. The first kappa shape index (κ1) is 17.0. The number of sulfonamides is 1. The summed E-state index contributed by atoms with van der Waals surface area (Å²) >= 11 is 0. The van der Waals surface area contributed by atoms with Gasteiger partial charge in [-0.2, -0.15) is 0 Å². The Morgan fingerprint density at radius 1 is 1.17 bits per heavy atom. The molecule has 0 amide bonds. The van der Waals surface area contributed by atoms with Gasteiger partial charge in [0.15, 0.2) is 0 Å². The number of nitrogens with one attached hydrogen (secondary N) is 1. The highest BCUT2D eigenvalue weighted by molar-refractivity contribution is 7.90. The van der Waals surface area contributed by atoms with Gasteiger partial charge in [-0.3, -0.25) is 4.90 Å². The fourth-order valence-corrected chi connectivity index (χ4v) is 5.37. The first-order valence-corrected chi connectivity index (χ1v) is 10.0. The molecule has 2 aliphatic rings. The Kier molecular flexibility index (Phi) is 5.41. The summed E-state index contributed by atoms with van der Waals surface area (Å²) in [6.45, 7) is 1.90. The Morgan fingerprint density at radius 3 is 2.61 bits per heavy atom. The van der Waals surface area contributed by atoms with Crippen molar-refractivity contribution in [1.82, 2.24) is 9.62 Å². The number of hydrogen-bond acceptors (Lipinski definition) is 5. The topological polar surface area (TPSA) is 82.8 Å². The number of nitrogens with zero attached hydrogens (tertiary/aromatic N) is 1. The van der Waals surface area contributed by atoms with Crippen LogP contribution in [0, 0.1) is 0 Å². The summed E-state index contributed by atoms with van der Waals surface area (Å²) < 4.78 is 33.6. The van der Waals surface area contributed by atoms with E-state index in [1.807, 2.05) is 6.07 Å². The van der Waals surface area contributed by atoms with E-state index in [2.05, 4.69) is 9.62 Å². The number of rotatable bonds is 6. The van der Waals surface area contributed by atoms with Crippen molar-refractivity contribution in [3.63, 3.8) is 0 Å². The standard InChI is InChI=1S/C16H26N2O4S/c19-12-15-8-7-14(22-15)10-18-9-3-6-16(11-18)23(20,21)17-13-4-1-2-5-13/h7-8,13,16-17,19H,1-6,9-12H2/t16-/m1/s1. The lowest BCUT2D eigenvalue weighted by molar-refractivity contribution is 0.195. The Balaban J connectivity index is 1.58. The Labute approximate surface area is 137 Å². The van der Waals surface area contributed by atoms with E-state index in [-0.39, 0.29) is 17.9 Å². The van der Waals surface area contributed by atoms with Crippen LogP contribution in [0.2, 0.25) is 0 Å². The van der Waals surface area contributed by atoms with Gasteiger partial charge in [-0.05, 0) is 44.4 Å². The van der Waals surface area contributed by atoms with Gasteiger partial charge in [0.2, 0.25) is 10.0 Å². The summed E-state index contributed by atoms with van der Waals surface area (Å²) in [6.07, 6.45) is 5.77. The molecule has 2 heterocycles. The molecule has 6 nitrogen and oxygen atoms in total. The third-order valence-corrected chi connectivity index (χ3v) is 6.76. The van der Waals surface area contributed by atoms with Crippen LogP contribution in [-0.4, -0.2) is 42.8 Å². The van der Waals surface area contributed by atoms with E-state index in [0.29, 0.717) is 18.8 Å². The van der Waals surface area contributed by atoms with Crippen LogP contribution in [0.25, 0.3) is 0 Å². The largest absolute Gasteiger partial charge is 0.462 e. The van der Waals surface area contributed by atoms with E-state index in [0.717, 1.165) is 50.8 Å². The van der Waals surface area contributed by atoms with Gasteiger partial charge in [-0.25, -0.2) is 13.1 Å². The maximum Gasteiger partial charge on any atom is 0.215 e. The fraction of sp³-hybridized carbons (Fsp3) is 0.750. The van der Waals surface area contributed by atoms with Crippen LogP contribution < -0.4 is 4.72 Å². The average Bonchev–Trinajstić information content (AvgIpc) is 3.19. The molecule has 3 rings (SSSR count). The van der Waals surface area contributed by atoms with E-state index in [1.165, 1.54) is 0 Å². The van der Waals surface area contributed by atoms with Gasteiger partial charge in [0, 0.05) is 12.6 Å². The molecule has 0 spiro atoms. The van der Waals surface area contributed by atoms with Crippen molar-refractivity contribution in [1.29, 1.82) is 0 Å². The van der Waals surface area contributed by atoms with Gasteiger partial charge < -0.3 is 9.52 Å². The monoisotopic (exact) mass is 342 g/mol. The summed E-state index contributed by atoms with van der Waals surface area (Å²) in [7, 11) is -3.25. The molecule has 1 aromatic rings. The molecule has 0 aromatic carbocycles. The van der Waals surface area contributed by atoms with Crippen LogP contribution >= 0.6 is 0 Å². The van der Waals surface area contributed by atoms with Gasteiger partial charge in [0.1, 0.15) is 18.1 Å². The van der Waals surface area contributed by atoms with E-state index in [9.17, 15) is 8.42 Å². The molecule has 1 aliphatic carbocycles. The molecule has 1 saturated heterocycles. The Bertz CT molecular complexity index is 607. The molecule has 0 radical (unpaired) electrons. The zero-order valence-corrected chi connectivity index (χ0v) is 14.2. The van der Waals surface area contributed by atoms with Crippen LogP contribution in [0.15, 0.2) is 16.5 Å². The summed E-state index contributed by atoms with van der Waals surface area (Å²) in [5.74, 6) is 1.32. The lowest BCUT2D eigenvalue weighted by atomic mass is 10.1. The van der Waals surface area contributed by atoms with Crippen LogP contribution in [-0.2, 0) is 23.2 Å². The number of aliphatic hydroxyl groups is 1. The number of aliphatic hydroxyl groups excluding tert-OH is 1. The highest BCUT2D eigenvalue weighted by Crippen LogP contribution is 2.23. The maximum absolute atomic E-state index is 12.6. The van der Waals surface area contributed by atoms with E-state index < -0.39 is 10.0 Å². The molecule has 130 valence electrons. The minimum absolute atomic E-state index is 0.109. The quantitative estimate of drug-likeness (QED) is 0.820. The minimum Gasteiger partial charge on any atom is -0.462 e. The molecule has 2 fully saturated rings. The molecule has 0 bridgehead atoms. The number of furan rings is 1. The van der Waals surface area contributed by atoms with Crippen LogP contribution in [0.4, 0.5) is 0 Å². The maximum atomic E-state index is 12.6. The van der Waals surface area contributed by atoms with Crippen molar-refractivity contribution in [3.8, 4) is 0 Å². The third kappa shape index (κ3) is 4.35. The second-order valence-corrected chi connectivity index (χ2v) is 8.66. The van der Waals surface area contributed by atoms with Gasteiger partial charge in [-0.15, -0.1) is 0 Å². The first-order valence-electron chi connectivity index (χ1n) is 8.49. The number of piperidine rings is 1. The van der Waals surface area contributed by atoms with Crippen molar-refractivity contribution in [3.05, 3.63) is 23.7 Å². The van der Waals surface area contributed by atoms with Gasteiger partial charge >= 0.3 is 0 Å². The smallest absolute Gasteiger partial charge is 0.215 e. The molecule has 7 heteroatoms. The average molecular weight is 342 g/mol. The summed E-state index contributed by atoms with van der Waals surface area (Å²) in [4.78, 5) is 2.13. The minimum atomic E-state index is -3.25. The predicted octanol–water partition coefficient (Wildman–Crippen LogP) is 1.60. The second-order valence-electron chi connectivity index (χ2n) is 6.67. The highest BCUT2D eigenvalue weighted by atomic mass is 32.2. The Hall–Kier alpha value is -0.890. The van der Waals surface area contributed by atoms with Crippen molar-refractivity contribution in [2.45, 2.75) is 63.0 Å². The van der Waals surface area contributed by atoms with Crippen molar-refractivity contribution < 1.29 is 17.9 Å². The van der Waals surface area contributed by atoms with Gasteiger partial charge in [-0.1, -0.05) is 12.8 Å². The van der Waals surface area contributed by atoms with E-state index >= 15 is 0 Å². The molecular formula is C16H26N2O4S. The third-order valence-electron chi connectivity index (χ3n) is 4.84. The lowest BCUT2D eigenvalue weighted by Gasteiger charge is -2.32. The van der Waals surface area contributed by atoms with Crippen molar-refractivity contribution >= 4 is 10.0 Å². The van der Waals surface area contributed by atoms with E-state index in [1.54, 1.807) is 6.07 Å². The molecule has 1 atom stereocenters. The molecular weight excluding hydrogens is 316 g/mol. The summed E-state index contributed by atoms with van der Waals surface area (Å²) in [5, 5.41) is 8.70. The van der Waals surface area contributed by atoms with Gasteiger partial charge in [0.05, 0.1) is 11.8 Å². The zero-order valence-electron chi connectivity index (χ0n) is 13.4. The molecule has 23 heavy (non-hydrogen) atoms. The SMILES string of the molecule is O=S(=O)(NC1CCCC1)[C@@H]1CCCN(Cc2ccc(CO)o2)C1. The van der Waals surface area contributed by atoms with Crippen molar-refractivity contribution in [2.75, 3.05) is 13.1 Å². The zero-order chi connectivity index (χ0) is 16.3. The molecule has 1 aliphatic heterocycles. The molecule has 0 unspecified atom stereocenters. The number of hydrogen-bond donors (Lipinski definition) is 2. The highest BCUT2D eigenvalue weighted by Gasteiger charge is 2.33. The van der Waals surface area contributed by atoms with E-state index in [4.69, 9.17) is 9.52 Å². The summed E-state index contributed by atoms with van der Waals surface area (Å²) in [5.41, 5.74) is 0. The molecule has 1 saturated carbocycles. The van der Waals surface area contributed by atoms with Gasteiger partial charge in [0.25, 0.3) is 0 Å².